The number of piperidine rings is 1. The molecule has 35 heavy (non-hydrogen) atoms. The molecule has 6 rings (SSSR count). The second-order valence-corrected chi connectivity index (χ2v) is 9.45. The van der Waals surface area contributed by atoms with Gasteiger partial charge >= 0.3 is 0 Å². The van der Waals surface area contributed by atoms with Crippen LogP contribution in [0.15, 0.2) is 54.6 Å². The van der Waals surface area contributed by atoms with E-state index in [-0.39, 0.29) is 18.2 Å². The number of aromatic nitrogens is 1. The maximum absolute atomic E-state index is 12.8. The number of benzene rings is 2. The highest BCUT2D eigenvalue weighted by Crippen LogP contribution is 2.31. The van der Waals surface area contributed by atoms with Gasteiger partial charge in [0.15, 0.2) is 0 Å². The van der Waals surface area contributed by atoms with Crippen LogP contribution < -0.4 is 10.1 Å². The first-order chi connectivity index (χ1) is 17.0. The fourth-order valence-corrected chi connectivity index (χ4v) is 5.18. The molecule has 2 saturated heterocycles. The maximum atomic E-state index is 12.8. The molecule has 178 valence electrons. The summed E-state index contributed by atoms with van der Waals surface area (Å²) in [7, 11) is 0. The van der Waals surface area contributed by atoms with Crippen LogP contribution in [-0.4, -0.2) is 64.8 Å². The molecule has 1 N–H and O–H groups in total. The summed E-state index contributed by atoms with van der Waals surface area (Å²) in [4.78, 5) is 45.2. The highest BCUT2D eigenvalue weighted by molar-refractivity contribution is 6.05. The Morgan fingerprint density at radius 3 is 2.74 bits per heavy atom. The topological polar surface area (TPSA) is 91.8 Å². The zero-order valence-corrected chi connectivity index (χ0v) is 19.3. The van der Waals surface area contributed by atoms with E-state index in [1.807, 2.05) is 24.3 Å². The van der Waals surface area contributed by atoms with Crippen molar-refractivity contribution in [2.24, 2.45) is 0 Å². The number of carbonyl (C=O) groups is 3. The van der Waals surface area contributed by atoms with Crippen LogP contribution in [0.5, 0.6) is 5.75 Å². The first kappa shape index (κ1) is 21.7. The first-order valence-corrected chi connectivity index (χ1v) is 12.0. The molecule has 0 bridgehead atoms. The number of ether oxygens (including phenoxy) is 1. The normalized spacial score (nSPS) is 20.6. The number of pyridine rings is 1. The molecule has 0 saturated carbocycles. The average Bonchev–Trinajstić information content (AvgIpc) is 3.15. The Morgan fingerprint density at radius 1 is 1.03 bits per heavy atom. The molecule has 3 aliphatic rings. The van der Waals surface area contributed by atoms with Crippen molar-refractivity contribution in [1.29, 1.82) is 0 Å². The van der Waals surface area contributed by atoms with E-state index in [9.17, 15) is 14.4 Å². The number of para-hydroxylation sites is 1. The van der Waals surface area contributed by atoms with Gasteiger partial charge in [0.05, 0.1) is 5.52 Å². The summed E-state index contributed by atoms with van der Waals surface area (Å²) in [6.07, 6.45) is 0.610. The van der Waals surface area contributed by atoms with Crippen molar-refractivity contribution in [2.45, 2.75) is 31.3 Å². The molecule has 1 unspecified atom stereocenters. The highest BCUT2D eigenvalue weighted by atomic mass is 16.5. The minimum absolute atomic E-state index is 0.171. The van der Waals surface area contributed by atoms with E-state index >= 15 is 0 Å². The van der Waals surface area contributed by atoms with Crippen molar-refractivity contribution in [1.82, 2.24) is 20.1 Å². The van der Waals surface area contributed by atoms with Gasteiger partial charge in [-0.15, -0.1) is 0 Å². The van der Waals surface area contributed by atoms with Gasteiger partial charge in [-0.1, -0.05) is 24.3 Å². The Kier molecular flexibility index (Phi) is 5.45. The van der Waals surface area contributed by atoms with Crippen LogP contribution in [0.4, 0.5) is 0 Å². The number of carbonyl (C=O) groups excluding carboxylic acids is 3. The van der Waals surface area contributed by atoms with E-state index < -0.39 is 11.9 Å². The number of hydrogen-bond acceptors (Lipinski definition) is 6. The lowest BCUT2D eigenvalue weighted by Crippen LogP contribution is -2.52. The van der Waals surface area contributed by atoms with E-state index in [1.54, 1.807) is 11.0 Å². The van der Waals surface area contributed by atoms with E-state index in [1.165, 1.54) is 0 Å². The third kappa shape index (κ3) is 4.14. The molecule has 0 spiro atoms. The third-order valence-corrected chi connectivity index (χ3v) is 7.17. The monoisotopic (exact) mass is 470 g/mol. The summed E-state index contributed by atoms with van der Waals surface area (Å²) in [6.45, 7) is 3.66. The van der Waals surface area contributed by atoms with Gasteiger partial charge in [-0.05, 0) is 42.3 Å². The number of nitrogens with one attached hydrogen (secondary N) is 1. The molecule has 3 aromatic rings. The lowest BCUT2D eigenvalue weighted by Gasteiger charge is -2.38. The Hall–Kier alpha value is -3.78. The quantitative estimate of drug-likeness (QED) is 0.557. The van der Waals surface area contributed by atoms with Gasteiger partial charge in [0.1, 0.15) is 18.4 Å². The molecule has 0 radical (unpaired) electrons. The molecule has 3 amide bonds. The van der Waals surface area contributed by atoms with Crippen LogP contribution in [0.3, 0.4) is 0 Å². The molecular formula is C27H26N4O4. The minimum atomic E-state index is -0.603. The summed E-state index contributed by atoms with van der Waals surface area (Å²) in [5, 5.41) is 3.49. The molecular weight excluding hydrogens is 444 g/mol. The number of nitrogens with zero attached hydrogens (tertiary/aromatic N) is 3. The minimum Gasteiger partial charge on any atom is -0.492 e. The standard InChI is InChI=1S/C27H26N4O4/c32-25-10-9-24(26(33)29-25)31-16-18-13-20(6-7-21(18)27(31)34)35-12-11-30-14-19(15-30)23-8-5-17-3-1-2-4-22(17)28-23/h1-8,13,19,24H,9-12,14-16H2,(H,29,32,33). The molecule has 3 aliphatic heterocycles. The van der Waals surface area contributed by atoms with Crippen molar-refractivity contribution in [3.63, 3.8) is 0 Å². The third-order valence-electron chi connectivity index (χ3n) is 7.17. The molecule has 2 aromatic carbocycles. The fraction of sp³-hybridized carbons (Fsp3) is 0.333. The predicted molar refractivity (Wildman–Crippen MR) is 129 cm³/mol. The van der Waals surface area contributed by atoms with Crippen LogP contribution in [0.1, 0.15) is 40.4 Å². The van der Waals surface area contributed by atoms with Crippen molar-refractivity contribution < 1.29 is 19.1 Å². The highest BCUT2D eigenvalue weighted by Gasteiger charge is 2.39. The average molecular weight is 471 g/mol. The smallest absolute Gasteiger partial charge is 0.255 e. The number of fused-ring (bicyclic) bond motifs is 2. The van der Waals surface area contributed by atoms with Crippen LogP contribution in [-0.2, 0) is 16.1 Å². The molecule has 0 aliphatic carbocycles. The van der Waals surface area contributed by atoms with Crippen LogP contribution in [0, 0.1) is 0 Å². The van der Waals surface area contributed by atoms with Gasteiger partial charge in [-0.25, -0.2) is 0 Å². The van der Waals surface area contributed by atoms with Gasteiger partial charge in [0, 0.05) is 55.2 Å². The van der Waals surface area contributed by atoms with Gasteiger partial charge in [0.25, 0.3) is 5.91 Å². The Labute approximate surface area is 202 Å². The molecule has 4 heterocycles. The van der Waals surface area contributed by atoms with E-state index in [0.717, 1.165) is 47.5 Å². The predicted octanol–water partition coefficient (Wildman–Crippen LogP) is 2.47. The van der Waals surface area contributed by atoms with Crippen molar-refractivity contribution in [3.05, 3.63) is 71.4 Å². The second kappa shape index (κ2) is 8.78. The van der Waals surface area contributed by atoms with Crippen LogP contribution in [0.2, 0.25) is 0 Å². The summed E-state index contributed by atoms with van der Waals surface area (Å²) >= 11 is 0. The van der Waals surface area contributed by atoms with E-state index in [4.69, 9.17) is 9.72 Å². The Balaban J connectivity index is 1.01. The van der Waals surface area contributed by atoms with Crippen LogP contribution >= 0.6 is 0 Å². The maximum Gasteiger partial charge on any atom is 0.255 e. The Bertz CT molecular complexity index is 1330. The zero-order chi connectivity index (χ0) is 23.9. The molecule has 1 aromatic heterocycles. The lowest BCUT2D eigenvalue weighted by atomic mass is 9.95. The molecule has 8 heteroatoms. The lowest BCUT2D eigenvalue weighted by molar-refractivity contribution is -0.136. The first-order valence-electron chi connectivity index (χ1n) is 12.0. The van der Waals surface area contributed by atoms with Gasteiger partial charge in [0.2, 0.25) is 11.8 Å². The van der Waals surface area contributed by atoms with E-state index in [0.29, 0.717) is 31.1 Å². The summed E-state index contributed by atoms with van der Waals surface area (Å²) in [5.74, 6) is 0.313. The molecule has 8 nitrogen and oxygen atoms in total. The Morgan fingerprint density at radius 2 is 1.89 bits per heavy atom. The molecule has 1 atom stereocenters. The SMILES string of the molecule is O=C1CCC(N2Cc3cc(OCCN4CC(c5ccc6ccccc6n5)C4)ccc3C2=O)C(=O)N1. The van der Waals surface area contributed by atoms with Gasteiger partial charge in [-0.3, -0.25) is 29.6 Å². The number of likely N-dealkylation sites (tertiary alicyclic amines) is 1. The van der Waals surface area contributed by atoms with Gasteiger partial charge < -0.3 is 9.64 Å². The number of hydrogen-bond donors (Lipinski definition) is 1. The number of imide groups is 1. The van der Waals surface area contributed by atoms with Gasteiger partial charge in [-0.2, -0.15) is 0 Å². The summed E-state index contributed by atoms with van der Waals surface area (Å²) < 4.78 is 5.98. The zero-order valence-electron chi connectivity index (χ0n) is 19.3. The van der Waals surface area contributed by atoms with E-state index in [2.05, 4.69) is 34.5 Å². The van der Waals surface area contributed by atoms with Crippen molar-refractivity contribution >= 4 is 28.6 Å². The van der Waals surface area contributed by atoms with Crippen molar-refractivity contribution in [3.8, 4) is 5.75 Å². The summed E-state index contributed by atoms with van der Waals surface area (Å²) in [6, 6.07) is 17.3. The number of rotatable bonds is 6. The number of amides is 3. The van der Waals surface area contributed by atoms with Crippen molar-refractivity contribution in [2.75, 3.05) is 26.2 Å². The second-order valence-electron chi connectivity index (χ2n) is 9.45. The largest absolute Gasteiger partial charge is 0.492 e. The summed E-state index contributed by atoms with van der Waals surface area (Å²) in [5.41, 5.74) is 3.63. The van der Waals surface area contributed by atoms with Crippen LogP contribution in [0.25, 0.3) is 10.9 Å². The fourth-order valence-electron chi connectivity index (χ4n) is 5.18. The molecule has 2 fully saturated rings.